The van der Waals surface area contributed by atoms with Gasteiger partial charge in [0.15, 0.2) is 0 Å². The Morgan fingerprint density at radius 3 is 2.06 bits per heavy atom. The second-order valence-corrected chi connectivity index (χ2v) is 4.09. The van der Waals surface area contributed by atoms with E-state index in [0.29, 0.717) is 17.9 Å². The van der Waals surface area contributed by atoms with Crippen molar-refractivity contribution in [3.63, 3.8) is 0 Å². The maximum atomic E-state index is 12.3. The number of alkyl halides is 3. The molecule has 0 saturated heterocycles. The van der Waals surface area contributed by atoms with E-state index in [9.17, 15) is 22.8 Å². The fourth-order valence-electron chi connectivity index (χ4n) is 1.30. The van der Waals surface area contributed by atoms with Crippen LogP contribution in [0.1, 0.15) is 12.8 Å². The molecule has 1 amide bonds. The number of rotatable bonds is 7. The summed E-state index contributed by atoms with van der Waals surface area (Å²) in [7, 11) is 3.51. The molecule has 0 aliphatic heterocycles. The summed E-state index contributed by atoms with van der Waals surface area (Å²) in [5, 5.41) is 8.43. The minimum Gasteiger partial charge on any atom is -0.481 e. The number of nitrogens with zero attached hydrogens (tertiary/aromatic N) is 2. The smallest absolute Gasteiger partial charge is 0.471 e. The van der Waals surface area contributed by atoms with Crippen molar-refractivity contribution in [2.24, 2.45) is 0 Å². The van der Waals surface area contributed by atoms with Crippen molar-refractivity contribution in [1.29, 1.82) is 0 Å². The van der Waals surface area contributed by atoms with Crippen molar-refractivity contribution in [1.82, 2.24) is 9.80 Å². The summed E-state index contributed by atoms with van der Waals surface area (Å²) in [4.78, 5) is 23.7. The van der Waals surface area contributed by atoms with Crippen LogP contribution >= 0.6 is 0 Å². The molecule has 5 nitrogen and oxygen atoms in total. The molecule has 0 saturated carbocycles. The Hall–Kier alpha value is -1.31. The molecule has 0 unspecified atom stereocenters. The SMILES string of the molecule is CN(C)CCCN(CCC(=O)O)C(=O)C(F)(F)F. The second kappa shape index (κ2) is 7.20. The molecule has 1 N–H and O–H groups in total. The van der Waals surface area contributed by atoms with Crippen LogP contribution < -0.4 is 0 Å². The van der Waals surface area contributed by atoms with Gasteiger partial charge in [0.25, 0.3) is 0 Å². The van der Waals surface area contributed by atoms with Gasteiger partial charge in [0.1, 0.15) is 0 Å². The Bertz CT molecular complexity index is 293. The van der Waals surface area contributed by atoms with Crippen molar-refractivity contribution in [3.05, 3.63) is 0 Å². The van der Waals surface area contributed by atoms with Crippen molar-refractivity contribution >= 4 is 11.9 Å². The van der Waals surface area contributed by atoms with Crippen LogP contribution in [0.15, 0.2) is 0 Å². The summed E-state index contributed by atoms with van der Waals surface area (Å²) in [6.07, 6.45) is -5.10. The van der Waals surface area contributed by atoms with E-state index in [0.717, 1.165) is 0 Å². The predicted molar refractivity (Wildman–Crippen MR) is 58.1 cm³/mol. The zero-order valence-corrected chi connectivity index (χ0v) is 10.3. The molecular weight excluding hydrogens is 253 g/mol. The molecule has 0 aromatic rings. The van der Waals surface area contributed by atoms with Gasteiger partial charge in [-0.1, -0.05) is 0 Å². The van der Waals surface area contributed by atoms with E-state index in [1.165, 1.54) is 0 Å². The van der Waals surface area contributed by atoms with E-state index in [2.05, 4.69) is 0 Å². The summed E-state index contributed by atoms with van der Waals surface area (Å²) in [6, 6.07) is 0. The Balaban J connectivity index is 4.42. The average molecular weight is 270 g/mol. The van der Waals surface area contributed by atoms with Gasteiger partial charge in [0.05, 0.1) is 6.42 Å². The number of hydrogen-bond donors (Lipinski definition) is 1. The highest BCUT2D eigenvalue weighted by Gasteiger charge is 2.42. The highest BCUT2D eigenvalue weighted by Crippen LogP contribution is 2.18. The van der Waals surface area contributed by atoms with E-state index >= 15 is 0 Å². The Morgan fingerprint density at radius 1 is 1.11 bits per heavy atom. The lowest BCUT2D eigenvalue weighted by atomic mass is 10.3. The molecule has 8 heteroatoms. The highest BCUT2D eigenvalue weighted by molar-refractivity contribution is 5.82. The number of carboxylic acid groups (broad SMARTS) is 1. The van der Waals surface area contributed by atoms with Crippen LogP contribution in [0.2, 0.25) is 0 Å². The molecule has 0 bridgehead atoms. The number of aliphatic carboxylic acids is 1. The third-order valence-corrected chi connectivity index (χ3v) is 2.16. The monoisotopic (exact) mass is 270 g/mol. The number of amides is 1. The lowest BCUT2D eigenvalue weighted by Crippen LogP contribution is -2.43. The first kappa shape index (κ1) is 16.7. The summed E-state index contributed by atoms with van der Waals surface area (Å²) < 4.78 is 36.8. The fourth-order valence-corrected chi connectivity index (χ4v) is 1.30. The first-order chi connectivity index (χ1) is 8.14. The minimum absolute atomic E-state index is 0.107. The van der Waals surface area contributed by atoms with Gasteiger partial charge in [-0.25, -0.2) is 0 Å². The Labute approximate surface area is 103 Å². The van der Waals surface area contributed by atoms with Crippen molar-refractivity contribution in [2.45, 2.75) is 19.0 Å². The Morgan fingerprint density at radius 2 is 1.67 bits per heavy atom. The normalized spacial score (nSPS) is 11.7. The molecule has 0 radical (unpaired) electrons. The highest BCUT2D eigenvalue weighted by atomic mass is 19.4. The lowest BCUT2D eigenvalue weighted by Gasteiger charge is -2.23. The quantitative estimate of drug-likeness (QED) is 0.743. The van der Waals surface area contributed by atoms with Crippen LogP contribution in [-0.2, 0) is 9.59 Å². The molecule has 0 aromatic heterocycles. The van der Waals surface area contributed by atoms with Crippen molar-refractivity contribution in [3.8, 4) is 0 Å². The maximum Gasteiger partial charge on any atom is 0.471 e. The fraction of sp³-hybridized carbons (Fsp3) is 0.800. The van der Waals surface area contributed by atoms with E-state index < -0.39 is 31.0 Å². The summed E-state index contributed by atoms with van der Waals surface area (Å²) in [6.45, 7) is -0.0143. The van der Waals surface area contributed by atoms with Crippen LogP contribution in [0.4, 0.5) is 13.2 Å². The summed E-state index contributed by atoms with van der Waals surface area (Å²) in [5.74, 6) is -3.22. The zero-order chi connectivity index (χ0) is 14.3. The first-order valence-electron chi connectivity index (χ1n) is 5.37. The van der Waals surface area contributed by atoms with E-state index in [1.807, 2.05) is 0 Å². The molecule has 0 rings (SSSR count). The van der Waals surface area contributed by atoms with E-state index in [1.54, 1.807) is 19.0 Å². The minimum atomic E-state index is -4.96. The standard InChI is InChI=1S/C10H17F3N2O3/c1-14(2)5-3-6-15(7-4-8(16)17)9(18)10(11,12)13/h3-7H2,1-2H3,(H,16,17). The van der Waals surface area contributed by atoms with Crippen LogP contribution in [0.3, 0.4) is 0 Å². The predicted octanol–water partition coefficient (Wildman–Crippen LogP) is 0.804. The number of carboxylic acids is 1. The molecule has 106 valence electrons. The molecular formula is C10H17F3N2O3. The van der Waals surface area contributed by atoms with Gasteiger partial charge in [-0.15, -0.1) is 0 Å². The maximum absolute atomic E-state index is 12.3. The van der Waals surface area contributed by atoms with Gasteiger partial charge in [0, 0.05) is 13.1 Å². The molecule has 0 aromatic carbocycles. The summed E-state index contributed by atoms with van der Waals surface area (Å²) >= 11 is 0. The number of carbonyl (C=O) groups excluding carboxylic acids is 1. The molecule has 0 fully saturated rings. The first-order valence-corrected chi connectivity index (χ1v) is 5.37. The van der Waals surface area contributed by atoms with Gasteiger partial charge < -0.3 is 14.9 Å². The van der Waals surface area contributed by atoms with E-state index in [-0.39, 0.29) is 6.54 Å². The van der Waals surface area contributed by atoms with Crippen LogP contribution in [0.25, 0.3) is 0 Å². The van der Waals surface area contributed by atoms with E-state index in [4.69, 9.17) is 5.11 Å². The van der Waals surface area contributed by atoms with Gasteiger partial charge in [-0.05, 0) is 27.1 Å². The third-order valence-electron chi connectivity index (χ3n) is 2.16. The van der Waals surface area contributed by atoms with Crippen LogP contribution in [0.5, 0.6) is 0 Å². The molecule has 0 heterocycles. The average Bonchev–Trinajstić information content (AvgIpc) is 2.20. The van der Waals surface area contributed by atoms with Gasteiger partial charge in [0.2, 0.25) is 0 Å². The second-order valence-electron chi connectivity index (χ2n) is 4.09. The van der Waals surface area contributed by atoms with Gasteiger partial charge in [-0.3, -0.25) is 9.59 Å². The third kappa shape index (κ3) is 7.10. The lowest BCUT2D eigenvalue weighted by molar-refractivity contribution is -0.185. The van der Waals surface area contributed by atoms with Crippen LogP contribution in [0, 0.1) is 0 Å². The van der Waals surface area contributed by atoms with Crippen molar-refractivity contribution < 1.29 is 27.9 Å². The van der Waals surface area contributed by atoms with Gasteiger partial charge in [-0.2, -0.15) is 13.2 Å². The Kier molecular flexibility index (Phi) is 6.67. The molecule has 0 aliphatic carbocycles. The molecule has 0 atom stereocenters. The summed E-state index contributed by atoms with van der Waals surface area (Å²) in [5.41, 5.74) is 0. The van der Waals surface area contributed by atoms with Gasteiger partial charge >= 0.3 is 18.1 Å². The molecule has 0 spiro atoms. The largest absolute Gasteiger partial charge is 0.481 e. The molecule has 18 heavy (non-hydrogen) atoms. The topological polar surface area (TPSA) is 60.9 Å². The van der Waals surface area contributed by atoms with Crippen LogP contribution in [-0.4, -0.2) is 66.7 Å². The number of hydrogen-bond acceptors (Lipinski definition) is 3. The zero-order valence-electron chi connectivity index (χ0n) is 10.3. The molecule has 0 aliphatic rings. The number of carbonyl (C=O) groups is 2. The van der Waals surface area contributed by atoms with Crippen molar-refractivity contribution in [2.75, 3.05) is 33.7 Å². The number of halogens is 3.